The Morgan fingerprint density at radius 2 is 1.69 bits per heavy atom. The molecule has 42 heavy (non-hydrogen) atoms. The summed E-state index contributed by atoms with van der Waals surface area (Å²) < 4.78 is 11.6. The molecule has 0 spiro atoms. The number of rotatable bonds is 12. The average Bonchev–Trinajstić information content (AvgIpc) is 3.44. The molecule has 1 amide bonds. The Bertz CT molecular complexity index is 1690. The Hall–Kier alpha value is -5.37. The second kappa shape index (κ2) is 13.3. The van der Waals surface area contributed by atoms with E-state index in [9.17, 15) is 14.9 Å². The van der Waals surface area contributed by atoms with E-state index in [2.05, 4.69) is 11.1 Å². The van der Waals surface area contributed by atoms with Crippen LogP contribution in [0.2, 0.25) is 0 Å². The van der Waals surface area contributed by atoms with Gasteiger partial charge in [0.15, 0.2) is 11.5 Å². The third-order valence-electron chi connectivity index (χ3n) is 7.00. The number of para-hydroxylation sites is 1. The molecule has 0 saturated carbocycles. The minimum Gasteiger partial charge on any atom is -0.493 e. The van der Waals surface area contributed by atoms with E-state index in [1.165, 1.54) is 18.2 Å². The van der Waals surface area contributed by atoms with Crippen molar-refractivity contribution < 1.29 is 19.2 Å². The number of nitrogens with one attached hydrogen (secondary N) is 1. The highest BCUT2D eigenvalue weighted by molar-refractivity contribution is 5.92. The molecule has 0 bridgehead atoms. The van der Waals surface area contributed by atoms with Crippen molar-refractivity contribution in [1.82, 2.24) is 9.88 Å². The number of aromatic amines is 1. The lowest BCUT2D eigenvalue weighted by molar-refractivity contribution is -0.384. The average molecular weight is 562 g/mol. The zero-order valence-corrected chi connectivity index (χ0v) is 23.2. The number of nitro groups is 1. The maximum Gasteiger partial charge on any atom is 0.269 e. The maximum atomic E-state index is 13.5. The number of non-ortho nitro benzene ring substituents is 1. The molecule has 5 rings (SSSR count). The lowest BCUT2D eigenvalue weighted by Gasteiger charge is -2.22. The van der Waals surface area contributed by atoms with Gasteiger partial charge in [-0.05, 0) is 65.1 Å². The monoisotopic (exact) mass is 561 g/mol. The molecular formula is C34H31N3O5. The van der Waals surface area contributed by atoms with Gasteiger partial charge in [0.05, 0.1) is 12.0 Å². The third-order valence-corrected chi connectivity index (χ3v) is 7.00. The zero-order valence-electron chi connectivity index (χ0n) is 23.2. The highest BCUT2D eigenvalue weighted by Gasteiger charge is 2.15. The van der Waals surface area contributed by atoms with Gasteiger partial charge in [0, 0.05) is 48.4 Å². The van der Waals surface area contributed by atoms with Gasteiger partial charge in [0.1, 0.15) is 6.61 Å². The van der Waals surface area contributed by atoms with Crippen molar-refractivity contribution in [3.63, 3.8) is 0 Å². The first-order valence-corrected chi connectivity index (χ1v) is 13.6. The lowest BCUT2D eigenvalue weighted by Crippen LogP contribution is -2.31. The van der Waals surface area contributed by atoms with Crippen LogP contribution in [0.25, 0.3) is 17.0 Å². The molecule has 0 aliphatic heterocycles. The molecule has 4 aromatic carbocycles. The Balaban J connectivity index is 1.36. The first-order chi connectivity index (χ1) is 20.5. The molecule has 1 heterocycles. The fourth-order valence-electron chi connectivity index (χ4n) is 4.73. The lowest BCUT2D eigenvalue weighted by atomic mass is 10.1. The molecule has 0 atom stereocenters. The number of aromatic nitrogens is 1. The van der Waals surface area contributed by atoms with Gasteiger partial charge >= 0.3 is 0 Å². The topological polar surface area (TPSA) is 97.7 Å². The van der Waals surface area contributed by atoms with Gasteiger partial charge in [-0.25, -0.2) is 0 Å². The molecule has 212 valence electrons. The van der Waals surface area contributed by atoms with Crippen LogP contribution in [-0.4, -0.2) is 34.4 Å². The van der Waals surface area contributed by atoms with Gasteiger partial charge in [-0.3, -0.25) is 14.9 Å². The molecule has 8 heteroatoms. The van der Waals surface area contributed by atoms with Gasteiger partial charge in [-0.15, -0.1) is 0 Å². The summed E-state index contributed by atoms with van der Waals surface area (Å²) in [4.78, 5) is 29.1. The highest BCUT2D eigenvalue weighted by Crippen LogP contribution is 2.30. The van der Waals surface area contributed by atoms with E-state index in [0.717, 1.165) is 27.6 Å². The minimum atomic E-state index is -0.447. The molecule has 0 aliphatic rings. The Kier molecular flexibility index (Phi) is 8.94. The van der Waals surface area contributed by atoms with Crippen LogP contribution >= 0.6 is 0 Å². The Morgan fingerprint density at radius 3 is 2.45 bits per heavy atom. The summed E-state index contributed by atoms with van der Waals surface area (Å²) in [5.41, 5.74) is 4.82. The van der Waals surface area contributed by atoms with Crippen LogP contribution in [0.4, 0.5) is 5.69 Å². The Morgan fingerprint density at radius 1 is 0.929 bits per heavy atom. The van der Waals surface area contributed by atoms with Crippen LogP contribution in [0.1, 0.15) is 22.3 Å². The molecule has 1 N–H and O–H groups in total. The number of methoxy groups -OCH3 is 1. The number of amides is 1. The summed E-state index contributed by atoms with van der Waals surface area (Å²) >= 11 is 0. The van der Waals surface area contributed by atoms with E-state index in [-0.39, 0.29) is 11.6 Å². The van der Waals surface area contributed by atoms with Crippen molar-refractivity contribution in [1.29, 1.82) is 0 Å². The number of fused-ring (bicyclic) bond motifs is 1. The van der Waals surface area contributed by atoms with Crippen molar-refractivity contribution in [2.45, 2.75) is 19.6 Å². The van der Waals surface area contributed by atoms with E-state index < -0.39 is 4.92 Å². The summed E-state index contributed by atoms with van der Waals surface area (Å²) in [6, 6.07) is 29.8. The van der Waals surface area contributed by atoms with E-state index in [1.54, 1.807) is 30.2 Å². The number of hydrogen-bond acceptors (Lipinski definition) is 5. The largest absolute Gasteiger partial charge is 0.493 e. The fourth-order valence-corrected chi connectivity index (χ4v) is 4.73. The molecule has 0 aliphatic carbocycles. The molecule has 1 aromatic heterocycles. The SMILES string of the molecule is COc1ccc(CN(CCc2c[nH]c3ccccc23)C(=O)/C=C/c2ccc([N+](=O)[O-])cc2)cc1OCc1ccccc1. The Labute approximate surface area is 244 Å². The van der Waals surface area contributed by atoms with Crippen LogP contribution in [-0.2, 0) is 24.4 Å². The van der Waals surface area contributed by atoms with E-state index in [4.69, 9.17) is 9.47 Å². The van der Waals surface area contributed by atoms with Crippen molar-refractivity contribution in [3.05, 3.63) is 142 Å². The predicted octanol–water partition coefficient (Wildman–Crippen LogP) is 6.95. The molecule has 0 fully saturated rings. The second-order valence-electron chi connectivity index (χ2n) is 9.81. The molecule has 0 saturated heterocycles. The van der Waals surface area contributed by atoms with Crippen molar-refractivity contribution in [2.24, 2.45) is 0 Å². The number of carbonyl (C=O) groups is 1. The smallest absolute Gasteiger partial charge is 0.269 e. The van der Waals surface area contributed by atoms with Crippen molar-refractivity contribution >= 4 is 28.6 Å². The van der Waals surface area contributed by atoms with E-state index in [1.807, 2.05) is 72.9 Å². The molecular weight excluding hydrogens is 530 g/mol. The second-order valence-corrected chi connectivity index (χ2v) is 9.81. The standard InChI is InChI=1S/C34H31N3O5/c1-41-32-17-13-27(21-33(32)42-24-26-7-3-2-4-8-26)23-36(20-19-28-22-35-31-10-6-5-9-30(28)31)34(38)18-14-25-11-15-29(16-12-25)37(39)40/h2-18,21-22,35H,19-20,23-24H2,1H3/b18-14+. The van der Waals surface area contributed by atoms with Crippen LogP contribution < -0.4 is 9.47 Å². The summed E-state index contributed by atoms with van der Waals surface area (Å²) in [7, 11) is 1.60. The normalized spacial score (nSPS) is 11.1. The van der Waals surface area contributed by atoms with Gasteiger partial charge in [0.25, 0.3) is 5.69 Å². The molecule has 0 unspecified atom stereocenters. The van der Waals surface area contributed by atoms with Crippen molar-refractivity contribution in [3.8, 4) is 11.5 Å². The fraction of sp³-hybridized carbons (Fsp3) is 0.147. The summed E-state index contributed by atoms with van der Waals surface area (Å²) in [5, 5.41) is 12.1. The summed E-state index contributed by atoms with van der Waals surface area (Å²) in [6.07, 6.45) is 5.83. The van der Waals surface area contributed by atoms with E-state index >= 15 is 0 Å². The number of hydrogen-bond donors (Lipinski definition) is 1. The number of nitrogens with zero attached hydrogens (tertiary/aromatic N) is 2. The highest BCUT2D eigenvalue weighted by atomic mass is 16.6. The van der Waals surface area contributed by atoms with Crippen molar-refractivity contribution in [2.75, 3.05) is 13.7 Å². The van der Waals surface area contributed by atoms with Gasteiger partial charge < -0.3 is 19.4 Å². The number of benzene rings is 4. The summed E-state index contributed by atoms with van der Waals surface area (Å²) in [6.45, 7) is 1.23. The third kappa shape index (κ3) is 7.03. The van der Waals surface area contributed by atoms with Gasteiger partial charge in [-0.2, -0.15) is 0 Å². The number of carbonyl (C=O) groups excluding carboxylic acids is 1. The number of nitro benzene ring substituents is 1. The molecule has 5 aromatic rings. The summed E-state index contributed by atoms with van der Waals surface area (Å²) in [5.74, 6) is 1.05. The van der Waals surface area contributed by atoms with Gasteiger partial charge in [0.2, 0.25) is 5.91 Å². The van der Waals surface area contributed by atoms with Crippen LogP contribution in [0, 0.1) is 10.1 Å². The van der Waals surface area contributed by atoms with Crippen LogP contribution in [0.5, 0.6) is 11.5 Å². The first-order valence-electron chi connectivity index (χ1n) is 13.6. The predicted molar refractivity (Wildman–Crippen MR) is 163 cm³/mol. The van der Waals surface area contributed by atoms with E-state index in [0.29, 0.717) is 43.2 Å². The van der Waals surface area contributed by atoms with Crippen LogP contribution in [0.3, 0.4) is 0 Å². The number of H-pyrrole nitrogens is 1. The number of ether oxygens (including phenoxy) is 2. The quantitative estimate of drug-likeness (QED) is 0.101. The maximum absolute atomic E-state index is 13.5. The van der Waals surface area contributed by atoms with Crippen LogP contribution in [0.15, 0.2) is 109 Å². The first kappa shape index (κ1) is 28.2. The molecule has 8 nitrogen and oxygen atoms in total. The minimum absolute atomic E-state index is 0.00336. The molecule has 0 radical (unpaired) electrons. The zero-order chi connectivity index (χ0) is 29.3. The van der Waals surface area contributed by atoms with Gasteiger partial charge in [-0.1, -0.05) is 54.6 Å².